The van der Waals surface area contributed by atoms with Gasteiger partial charge in [-0.2, -0.15) is 0 Å². The number of amides is 2. The maximum absolute atomic E-state index is 12.5. The molecular formula is C19H20ClN3O3. The minimum Gasteiger partial charge on any atom is -0.378 e. The fourth-order valence-corrected chi connectivity index (χ4v) is 2.76. The van der Waals surface area contributed by atoms with E-state index in [1.165, 1.54) is 0 Å². The molecule has 0 aliphatic carbocycles. The van der Waals surface area contributed by atoms with Crippen molar-refractivity contribution in [3.8, 4) is 0 Å². The van der Waals surface area contributed by atoms with E-state index in [-0.39, 0.29) is 18.4 Å². The van der Waals surface area contributed by atoms with Gasteiger partial charge in [-0.1, -0.05) is 17.7 Å². The third kappa shape index (κ3) is 4.97. The van der Waals surface area contributed by atoms with Crippen molar-refractivity contribution < 1.29 is 14.3 Å². The molecule has 0 bridgehead atoms. The molecule has 1 saturated heterocycles. The summed E-state index contributed by atoms with van der Waals surface area (Å²) in [5.41, 5.74) is 1.95. The lowest BCUT2D eigenvalue weighted by Crippen LogP contribution is -2.40. The highest BCUT2D eigenvalue weighted by Gasteiger charge is 2.18. The lowest BCUT2D eigenvalue weighted by atomic mass is 10.1. The van der Waals surface area contributed by atoms with Gasteiger partial charge in [-0.3, -0.25) is 9.59 Å². The van der Waals surface area contributed by atoms with Crippen LogP contribution in [0.5, 0.6) is 0 Å². The number of hydrogen-bond acceptors (Lipinski definition) is 4. The Labute approximate surface area is 157 Å². The Morgan fingerprint density at radius 2 is 1.77 bits per heavy atom. The number of benzene rings is 2. The Morgan fingerprint density at radius 1 is 1.04 bits per heavy atom. The van der Waals surface area contributed by atoms with Crippen molar-refractivity contribution in [3.63, 3.8) is 0 Å². The standard InChI is InChI=1S/C19H20ClN3O3/c20-15-4-6-16(7-5-15)21-13-18(24)22-17-3-1-2-14(12-17)19(25)23-8-10-26-11-9-23/h1-7,12,21H,8-11,13H2,(H,22,24). The van der Waals surface area contributed by atoms with Crippen molar-refractivity contribution in [1.29, 1.82) is 0 Å². The summed E-state index contributed by atoms with van der Waals surface area (Å²) in [5.74, 6) is -0.250. The molecule has 0 aromatic heterocycles. The molecule has 7 heteroatoms. The van der Waals surface area contributed by atoms with Crippen LogP contribution in [-0.4, -0.2) is 49.6 Å². The van der Waals surface area contributed by atoms with Crippen LogP contribution in [0.2, 0.25) is 5.02 Å². The summed E-state index contributed by atoms with van der Waals surface area (Å²) in [4.78, 5) is 26.4. The van der Waals surface area contributed by atoms with E-state index < -0.39 is 0 Å². The fourth-order valence-electron chi connectivity index (χ4n) is 2.63. The van der Waals surface area contributed by atoms with E-state index in [0.29, 0.717) is 42.6 Å². The zero-order chi connectivity index (χ0) is 18.4. The van der Waals surface area contributed by atoms with Gasteiger partial charge in [-0.25, -0.2) is 0 Å². The zero-order valence-electron chi connectivity index (χ0n) is 14.2. The number of halogens is 1. The highest BCUT2D eigenvalue weighted by atomic mass is 35.5. The number of nitrogens with zero attached hydrogens (tertiary/aromatic N) is 1. The van der Waals surface area contributed by atoms with Crippen LogP contribution in [0.1, 0.15) is 10.4 Å². The Kier molecular flexibility index (Phi) is 6.09. The first-order valence-electron chi connectivity index (χ1n) is 8.38. The van der Waals surface area contributed by atoms with E-state index >= 15 is 0 Å². The number of morpholine rings is 1. The molecule has 0 radical (unpaired) electrons. The minimum atomic E-state index is -0.198. The van der Waals surface area contributed by atoms with Gasteiger partial charge in [0.25, 0.3) is 5.91 Å². The van der Waals surface area contributed by atoms with Crippen LogP contribution < -0.4 is 10.6 Å². The Bertz CT molecular complexity index is 774. The molecular weight excluding hydrogens is 354 g/mol. The monoisotopic (exact) mass is 373 g/mol. The Morgan fingerprint density at radius 3 is 2.50 bits per heavy atom. The molecule has 0 spiro atoms. The molecule has 2 N–H and O–H groups in total. The Balaban J connectivity index is 1.56. The predicted molar refractivity (Wildman–Crippen MR) is 102 cm³/mol. The van der Waals surface area contributed by atoms with Crippen LogP contribution in [0.4, 0.5) is 11.4 Å². The highest BCUT2D eigenvalue weighted by molar-refractivity contribution is 6.30. The van der Waals surface area contributed by atoms with Crippen LogP contribution in [-0.2, 0) is 9.53 Å². The van der Waals surface area contributed by atoms with Gasteiger partial charge in [-0.05, 0) is 42.5 Å². The van der Waals surface area contributed by atoms with Crippen LogP contribution in [0.15, 0.2) is 48.5 Å². The van der Waals surface area contributed by atoms with Crippen molar-refractivity contribution in [2.75, 3.05) is 43.5 Å². The number of anilines is 2. The second kappa shape index (κ2) is 8.69. The van der Waals surface area contributed by atoms with Crippen LogP contribution in [0.3, 0.4) is 0 Å². The summed E-state index contributed by atoms with van der Waals surface area (Å²) in [5, 5.41) is 6.46. The molecule has 3 rings (SSSR count). The molecule has 1 heterocycles. The van der Waals surface area contributed by atoms with Gasteiger partial charge in [0, 0.05) is 35.1 Å². The number of rotatable bonds is 5. The summed E-state index contributed by atoms with van der Waals surface area (Å²) in [6, 6.07) is 14.1. The molecule has 2 amide bonds. The second-order valence-corrected chi connectivity index (χ2v) is 6.33. The first kappa shape index (κ1) is 18.2. The van der Waals surface area contributed by atoms with Crippen LogP contribution in [0, 0.1) is 0 Å². The molecule has 26 heavy (non-hydrogen) atoms. The van der Waals surface area contributed by atoms with Gasteiger partial charge in [0.15, 0.2) is 0 Å². The highest BCUT2D eigenvalue weighted by Crippen LogP contribution is 2.15. The fraction of sp³-hybridized carbons (Fsp3) is 0.263. The van der Waals surface area contributed by atoms with Crippen molar-refractivity contribution in [2.24, 2.45) is 0 Å². The summed E-state index contributed by atoms with van der Waals surface area (Å²) >= 11 is 5.83. The van der Waals surface area contributed by atoms with Crippen molar-refractivity contribution in [3.05, 3.63) is 59.1 Å². The molecule has 2 aromatic carbocycles. The first-order chi connectivity index (χ1) is 12.6. The van der Waals surface area contributed by atoms with E-state index in [2.05, 4.69) is 10.6 Å². The largest absolute Gasteiger partial charge is 0.378 e. The number of nitrogens with one attached hydrogen (secondary N) is 2. The first-order valence-corrected chi connectivity index (χ1v) is 8.76. The Hall–Kier alpha value is -2.57. The maximum Gasteiger partial charge on any atom is 0.254 e. The van der Waals surface area contributed by atoms with E-state index in [9.17, 15) is 9.59 Å². The third-order valence-electron chi connectivity index (χ3n) is 3.99. The minimum absolute atomic E-state index is 0.0521. The van der Waals surface area contributed by atoms with E-state index in [1.807, 2.05) is 0 Å². The van der Waals surface area contributed by atoms with E-state index in [1.54, 1.807) is 53.4 Å². The smallest absolute Gasteiger partial charge is 0.254 e. The molecule has 1 aliphatic heterocycles. The molecule has 136 valence electrons. The number of carbonyl (C=O) groups is 2. The lowest BCUT2D eigenvalue weighted by Gasteiger charge is -2.27. The third-order valence-corrected chi connectivity index (χ3v) is 4.24. The van der Waals surface area contributed by atoms with E-state index in [0.717, 1.165) is 5.69 Å². The number of carbonyl (C=O) groups excluding carboxylic acids is 2. The average Bonchev–Trinajstić information content (AvgIpc) is 2.68. The van der Waals surface area contributed by atoms with Gasteiger partial charge < -0.3 is 20.3 Å². The molecule has 0 unspecified atom stereocenters. The summed E-state index contributed by atoms with van der Waals surface area (Å²) in [6.45, 7) is 2.39. The predicted octanol–water partition coefficient (Wildman–Crippen LogP) is 2.86. The SMILES string of the molecule is O=C(CNc1ccc(Cl)cc1)Nc1cccc(C(=O)N2CCOCC2)c1. The second-order valence-electron chi connectivity index (χ2n) is 5.89. The van der Waals surface area contributed by atoms with Gasteiger partial charge in [0.2, 0.25) is 5.91 Å². The number of ether oxygens (including phenoxy) is 1. The molecule has 1 fully saturated rings. The number of hydrogen-bond donors (Lipinski definition) is 2. The van der Waals surface area contributed by atoms with Crippen molar-refractivity contribution in [2.45, 2.75) is 0 Å². The van der Waals surface area contributed by atoms with Gasteiger partial charge >= 0.3 is 0 Å². The average molecular weight is 374 g/mol. The van der Waals surface area contributed by atoms with Gasteiger partial charge in [0.1, 0.15) is 0 Å². The van der Waals surface area contributed by atoms with Gasteiger partial charge in [0.05, 0.1) is 19.8 Å². The van der Waals surface area contributed by atoms with Crippen LogP contribution in [0.25, 0.3) is 0 Å². The summed E-state index contributed by atoms with van der Waals surface area (Å²) in [7, 11) is 0. The van der Waals surface area contributed by atoms with Crippen LogP contribution >= 0.6 is 11.6 Å². The van der Waals surface area contributed by atoms with Crippen molar-refractivity contribution in [1.82, 2.24) is 4.90 Å². The lowest BCUT2D eigenvalue weighted by molar-refractivity contribution is -0.114. The zero-order valence-corrected chi connectivity index (χ0v) is 15.0. The molecule has 6 nitrogen and oxygen atoms in total. The normalized spacial score (nSPS) is 14.0. The molecule has 0 atom stereocenters. The quantitative estimate of drug-likeness (QED) is 0.845. The maximum atomic E-state index is 12.5. The summed E-state index contributed by atoms with van der Waals surface area (Å²) in [6.07, 6.45) is 0. The molecule has 2 aromatic rings. The van der Waals surface area contributed by atoms with Gasteiger partial charge in [-0.15, -0.1) is 0 Å². The molecule has 1 aliphatic rings. The van der Waals surface area contributed by atoms with E-state index in [4.69, 9.17) is 16.3 Å². The topological polar surface area (TPSA) is 70.7 Å². The molecule has 0 saturated carbocycles. The van der Waals surface area contributed by atoms with Crippen molar-refractivity contribution >= 4 is 34.8 Å². The summed E-state index contributed by atoms with van der Waals surface area (Å²) < 4.78 is 5.27.